The van der Waals surface area contributed by atoms with E-state index in [0.29, 0.717) is 6.54 Å². The van der Waals surface area contributed by atoms with Crippen LogP contribution in [-0.2, 0) is 6.54 Å². The minimum atomic E-state index is -0.314. The summed E-state index contributed by atoms with van der Waals surface area (Å²) >= 11 is 0. The quantitative estimate of drug-likeness (QED) is 0.643. The Morgan fingerprint density at radius 1 is 1.08 bits per heavy atom. The molecule has 4 nitrogen and oxygen atoms in total. The first kappa shape index (κ1) is 17.5. The van der Waals surface area contributed by atoms with Crippen molar-refractivity contribution in [2.75, 3.05) is 7.11 Å². The van der Waals surface area contributed by atoms with Gasteiger partial charge in [0, 0.05) is 0 Å². The number of hydrogen-bond acceptors (Lipinski definition) is 4. The predicted molar refractivity (Wildman–Crippen MR) is 101 cm³/mol. The Morgan fingerprint density at radius 3 is 2.48 bits per heavy atom. The van der Waals surface area contributed by atoms with Crippen molar-refractivity contribution >= 4 is 6.21 Å². The summed E-state index contributed by atoms with van der Waals surface area (Å²) in [5, 5.41) is 17.2. The van der Waals surface area contributed by atoms with E-state index in [1.165, 1.54) is 5.56 Å². The molecule has 1 aliphatic carbocycles. The second-order valence-corrected chi connectivity index (χ2v) is 6.52. The van der Waals surface area contributed by atoms with Crippen molar-refractivity contribution in [1.29, 1.82) is 0 Å². The van der Waals surface area contributed by atoms with Crippen molar-refractivity contribution in [3.8, 4) is 5.75 Å². The highest BCUT2D eigenvalue weighted by molar-refractivity contribution is 5.79. The van der Waals surface area contributed by atoms with Crippen molar-refractivity contribution in [2.24, 2.45) is 5.10 Å². The number of aliphatic hydroxyl groups excluding tert-OH is 1. The molecule has 132 valence electrons. The molecule has 0 saturated heterocycles. The molecule has 1 aliphatic rings. The molecule has 2 aromatic rings. The van der Waals surface area contributed by atoms with Gasteiger partial charge in [-0.3, -0.25) is 5.01 Å². The number of rotatable bonds is 6. The van der Waals surface area contributed by atoms with Gasteiger partial charge in [0.05, 0.1) is 32.0 Å². The van der Waals surface area contributed by atoms with Gasteiger partial charge in [-0.15, -0.1) is 0 Å². The lowest BCUT2D eigenvalue weighted by Crippen LogP contribution is -2.42. The first-order valence-corrected chi connectivity index (χ1v) is 8.93. The van der Waals surface area contributed by atoms with E-state index in [-0.39, 0.29) is 12.1 Å². The van der Waals surface area contributed by atoms with Crippen LogP contribution in [0.25, 0.3) is 0 Å². The van der Waals surface area contributed by atoms with E-state index in [4.69, 9.17) is 9.84 Å². The van der Waals surface area contributed by atoms with Crippen molar-refractivity contribution < 1.29 is 9.84 Å². The molecule has 2 atom stereocenters. The van der Waals surface area contributed by atoms with Gasteiger partial charge in [-0.1, -0.05) is 43.2 Å². The van der Waals surface area contributed by atoms with Crippen molar-refractivity contribution in [2.45, 2.75) is 44.4 Å². The molecule has 2 aromatic carbocycles. The zero-order chi connectivity index (χ0) is 17.5. The molecule has 25 heavy (non-hydrogen) atoms. The number of hydrazone groups is 1. The normalized spacial score (nSPS) is 20.6. The maximum absolute atomic E-state index is 10.5. The fourth-order valence-corrected chi connectivity index (χ4v) is 3.28. The zero-order valence-corrected chi connectivity index (χ0v) is 14.7. The summed E-state index contributed by atoms with van der Waals surface area (Å²) in [6.45, 7) is 0.704. The fraction of sp³-hybridized carbons (Fsp3) is 0.381. The molecule has 0 heterocycles. The third-order valence-electron chi connectivity index (χ3n) is 4.74. The molecular formula is C21H26N2O2. The van der Waals surface area contributed by atoms with E-state index in [1.54, 1.807) is 7.11 Å². The molecule has 4 heteroatoms. The van der Waals surface area contributed by atoms with Crippen LogP contribution in [-0.4, -0.2) is 35.6 Å². The number of aliphatic hydroxyl groups is 1. The second-order valence-electron chi connectivity index (χ2n) is 6.52. The highest BCUT2D eigenvalue weighted by Gasteiger charge is 2.28. The SMILES string of the molecule is COc1ccc(/C=N/N(Cc2ccccc2)[C@@H]2CCCC[C@H]2O)cc1. The lowest BCUT2D eigenvalue weighted by atomic mass is 9.92. The van der Waals surface area contributed by atoms with E-state index >= 15 is 0 Å². The number of hydrogen-bond donors (Lipinski definition) is 1. The van der Waals surface area contributed by atoms with Crippen LogP contribution < -0.4 is 4.74 Å². The minimum absolute atomic E-state index is 0.0726. The van der Waals surface area contributed by atoms with Crippen LogP contribution in [0.1, 0.15) is 36.8 Å². The first-order chi connectivity index (χ1) is 12.3. The summed E-state index contributed by atoms with van der Waals surface area (Å²) in [7, 11) is 1.66. The monoisotopic (exact) mass is 338 g/mol. The Labute approximate surface area is 149 Å². The average molecular weight is 338 g/mol. The van der Waals surface area contributed by atoms with Crippen LogP contribution in [0.4, 0.5) is 0 Å². The lowest BCUT2D eigenvalue weighted by Gasteiger charge is -2.35. The van der Waals surface area contributed by atoms with Gasteiger partial charge in [0.25, 0.3) is 0 Å². The van der Waals surface area contributed by atoms with E-state index in [1.807, 2.05) is 53.7 Å². The Balaban J connectivity index is 1.78. The van der Waals surface area contributed by atoms with E-state index in [9.17, 15) is 5.11 Å². The van der Waals surface area contributed by atoms with Crippen LogP contribution in [0, 0.1) is 0 Å². The molecular weight excluding hydrogens is 312 g/mol. The summed E-state index contributed by atoms with van der Waals surface area (Å²) in [6.07, 6.45) is 5.63. The lowest BCUT2D eigenvalue weighted by molar-refractivity contribution is 0.0173. The molecule has 0 bridgehead atoms. The third-order valence-corrected chi connectivity index (χ3v) is 4.74. The Bertz CT molecular complexity index is 670. The summed E-state index contributed by atoms with van der Waals surface area (Å²) < 4.78 is 5.20. The minimum Gasteiger partial charge on any atom is -0.497 e. The largest absolute Gasteiger partial charge is 0.497 e. The van der Waals surface area contributed by atoms with Crippen molar-refractivity contribution in [1.82, 2.24) is 5.01 Å². The molecule has 0 amide bonds. The van der Waals surface area contributed by atoms with Gasteiger partial charge >= 0.3 is 0 Å². The molecule has 3 rings (SSSR count). The summed E-state index contributed by atoms with van der Waals surface area (Å²) in [6, 6.07) is 18.2. The summed E-state index contributed by atoms with van der Waals surface area (Å²) in [5.74, 6) is 0.834. The van der Waals surface area contributed by atoms with Crippen LogP contribution >= 0.6 is 0 Å². The van der Waals surface area contributed by atoms with Gasteiger partial charge in [-0.25, -0.2) is 0 Å². The number of benzene rings is 2. The maximum Gasteiger partial charge on any atom is 0.118 e. The van der Waals surface area contributed by atoms with Gasteiger partial charge in [-0.2, -0.15) is 5.10 Å². The fourth-order valence-electron chi connectivity index (χ4n) is 3.28. The standard InChI is InChI=1S/C21H26N2O2/c1-25-19-13-11-17(12-14-19)15-22-23(16-18-7-3-2-4-8-18)20-9-5-6-10-21(20)24/h2-4,7-8,11-15,20-21,24H,5-6,9-10,16H2,1H3/b22-15+/t20-,21-/m1/s1. The molecule has 1 fully saturated rings. The Morgan fingerprint density at radius 2 is 1.80 bits per heavy atom. The highest BCUT2D eigenvalue weighted by Crippen LogP contribution is 2.25. The van der Waals surface area contributed by atoms with E-state index in [0.717, 1.165) is 37.0 Å². The Hall–Kier alpha value is -2.33. The van der Waals surface area contributed by atoms with E-state index < -0.39 is 0 Å². The molecule has 0 spiro atoms. The maximum atomic E-state index is 10.5. The molecule has 1 saturated carbocycles. The highest BCUT2D eigenvalue weighted by atomic mass is 16.5. The zero-order valence-electron chi connectivity index (χ0n) is 14.7. The molecule has 0 aromatic heterocycles. The first-order valence-electron chi connectivity index (χ1n) is 8.93. The summed E-state index contributed by atoms with van der Waals surface area (Å²) in [5.41, 5.74) is 2.22. The topological polar surface area (TPSA) is 45.1 Å². The smallest absolute Gasteiger partial charge is 0.118 e. The van der Waals surface area contributed by atoms with Gasteiger partial charge in [0.2, 0.25) is 0 Å². The van der Waals surface area contributed by atoms with Gasteiger partial charge in [-0.05, 0) is 48.2 Å². The number of nitrogens with zero attached hydrogens (tertiary/aromatic N) is 2. The van der Waals surface area contributed by atoms with Crippen LogP contribution in [0.2, 0.25) is 0 Å². The van der Waals surface area contributed by atoms with Gasteiger partial charge < -0.3 is 9.84 Å². The number of ether oxygens (including phenoxy) is 1. The van der Waals surface area contributed by atoms with Crippen molar-refractivity contribution in [3.05, 3.63) is 65.7 Å². The second kappa shape index (κ2) is 8.67. The molecule has 0 aliphatic heterocycles. The predicted octanol–water partition coefficient (Wildman–Crippen LogP) is 3.83. The van der Waals surface area contributed by atoms with E-state index in [2.05, 4.69) is 12.1 Å². The average Bonchev–Trinajstić information content (AvgIpc) is 2.67. The number of methoxy groups -OCH3 is 1. The molecule has 1 N–H and O–H groups in total. The third kappa shape index (κ3) is 4.83. The van der Waals surface area contributed by atoms with Crippen LogP contribution in [0.15, 0.2) is 59.7 Å². The molecule has 0 unspecified atom stereocenters. The summed E-state index contributed by atoms with van der Waals surface area (Å²) in [4.78, 5) is 0. The van der Waals surface area contributed by atoms with Crippen LogP contribution in [0.5, 0.6) is 5.75 Å². The van der Waals surface area contributed by atoms with Crippen LogP contribution in [0.3, 0.4) is 0 Å². The Kier molecular flexibility index (Phi) is 6.07. The van der Waals surface area contributed by atoms with Gasteiger partial charge in [0.1, 0.15) is 5.75 Å². The van der Waals surface area contributed by atoms with Gasteiger partial charge in [0.15, 0.2) is 0 Å². The van der Waals surface area contributed by atoms with Crippen molar-refractivity contribution in [3.63, 3.8) is 0 Å². The molecule has 0 radical (unpaired) electrons.